The minimum atomic E-state index is -0.521. The number of halogens is 1. The number of hydrogen-bond donors (Lipinski definition) is 2. The highest BCUT2D eigenvalue weighted by Gasteiger charge is 2.12. The zero-order valence-electron chi connectivity index (χ0n) is 9.50. The van der Waals surface area contributed by atoms with Crippen molar-refractivity contribution in [3.63, 3.8) is 0 Å². The summed E-state index contributed by atoms with van der Waals surface area (Å²) in [5.74, 6) is -1.12. The minimum Gasteiger partial charge on any atom is -0.396 e. The number of Topliss-reactive ketones (excluding diaryl/α,β-unsaturated/α-hetero) is 1. The predicted molar refractivity (Wildman–Crippen MR) is 61.4 cm³/mol. The summed E-state index contributed by atoms with van der Waals surface area (Å²) >= 11 is 0. The molecule has 1 amide bonds. The van der Waals surface area contributed by atoms with Crippen molar-refractivity contribution in [3.05, 3.63) is 29.6 Å². The van der Waals surface area contributed by atoms with Crippen LogP contribution in [0.2, 0.25) is 0 Å². The van der Waals surface area contributed by atoms with Crippen LogP contribution in [0.5, 0.6) is 0 Å². The smallest absolute Gasteiger partial charge is 0.221 e. The standard InChI is InChI=1S/C12H14FNO3/c1-8(16)14-11-7-9(13)4-5-10(11)12(17)3-2-6-15/h4-5,7,15H,2-3,6H2,1H3,(H,14,16). The van der Waals surface area contributed by atoms with Crippen molar-refractivity contribution < 1.29 is 19.1 Å². The number of amides is 1. The van der Waals surface area contributed by atoms with Gasteiger partial charge in [0.25, 0.3) is 0 Å². The van der Waals surface area contributed by atoms with Crippen LogP contribution in [-0.4, -0.2) is 23.4 Å². The average molecular weight is 239 g/mol. The second kappa shape index (κ2) is 6.10. The van der Waals surface area contributed by atoms with Gasteiger partial charge in [0, 0.05) is 25.5 Å². The molecule has 0 atom stereocenters. The molecule has 0 fully saturated rings. The summed E-state index contributed by atoms with van der Waals surface area (Å²) in [6, 6.07) is 3.60. The van der Waals surface area contributed by atoms with Crippen LogP contribution >= 0.6 is 0 Å². The second-order valence-electron chi connectivity index (χ2n) is 3.62. The van der Waals surface area contributed by atoms with Crippen molar-refractivity contribution in [1.82, 2.24) is 0 Å². The lowest BCUT2D eigenvalue weighted by atomic mass is 10.0. The summed E-state index contributed by atoms with van der Waals surface area (Å²) in [7, 11) is 0. The molecule has 17 heavy (non-hydrogen) atoms. The zero-order valence-corrected chi connectivity index (χ0v) is 9.50. The summed E-state index contributed by atoms with van der Waals surface area (Å²) in [6.45, 7) is 1.20. The number of anilines is 1. The number of aliphatic hydroxyl groups is 1. The number of nitrogens with one attached hydrogen (secondary N) is 1. The van der Waals surface area contributed by atoms with Gasteiger partial charge in [-0.25, -0.2) is 4.39 Å². The molecule has 0 aromatic heterocycles. The quantitative estimate of drug-likeness (QED) is 0.769. The first-order valence-electron chi connectivity index (χ1n) is 5.26. The van der Waals surface area contributed by atoms with Crippen LogP contribution in [-0.2, 0) is 4.79 Å². The number of aliphatic hydroxyl groups excluding tert-OH is 1. The lowest BCUT2D eigenvalue weighted by Crippen LogP contribution is -2.11. The Hall–Kier alpha value is -1.75. The Balaban J connectivity index is 2.96. The number of benzene rings is 1. The van der Waals surface area contributed by atoms with Gasteiger partial charge in [-0.1, -0.05) is 0 Å². The summed E-state index contributed by atoms with van der Waals surface area (Å²) in [4.78, 5) is 22.7. The third-order valence-corrected chi connectivity index (χ3v) is 2.15. The largest absolute Gasteiger partial charge is 0.396 e. The maximum atomic E-state index is 13.0. The molecule has 0 bridgehead atoms. The molecule has 0 unspecified atom stereocenters. The van der Waals surface area contributed by atoms with Crippen LogP contribution in [0, 0.1) is 5.82 Å². The van der Waals surface area contributed by atoms with Gasteiger partial charge in [-0.2, -0.15) is 0 Å². The van der Waals surface area contributed by atoms with Gasteiger partial charge in [-0.05, 0) is 24.6 Å². The third-order valence-electron chi connectivity index (χ3n) is 2.15. The zero-order chi connectivity index (χ0) is 12.8. The molecule has 5 heteroatoms. The summed E-state index contributed by atoms with van der Waals surface area (Å²) in [5.41, 5.74) is 0.426. The van der Waals surface area contributed by atoms with Crippen LogP contribution < -0.4 is 5.32 Å². The molecule has 0 aliphatic rings. The maximum absolute atomic E-state index is 13.0. The Bertz CT molecular complexity index is 432. The Morgan fingerprint density at radius 1 is 1.41 bits per heavy atom. The summed E-state index contributed by atoms with van der Waals surface area (Å²) in [6.07, 6.45) is 0.504. The van der Waals surface area contributed by atoms with Gasteiger partial charge < -0.3 is 10.4 Å². The van der Waals surface area contributed by atoms with Gasteiger partial charge in [0.2, 0.25) is 5.91 Å². The van der Waals surface area contributed by atoms with Gasteiger partial charge >= 0.3 is 0 Å². The van der Waals surface area contributed by atoms with Crippen molar-refractivity contribution in [1.29, 1.82) is 0 Å². The van der Waals surface area contributed by atoms with Crippen molar-refractivity contribution in [3.8, 4) is 0 Å². The van der Waals surface area contributed by atoms with Crippen LogP contribution in [0.1, 0.15) is 30.1 Å². The normalized spacial score (nSPS) is 10.1. The van der Waals surface area contributed by atoms with E-state index in [4.69, 9.17) is 5.11 Å². The fourth-order valence-corrected chi connectivity index (χ4v) is 1.43. The number of rotatable bonds is 5. The van der Waals surface area contributed by atoms with E-state index in [-0.39, 0.29) is 36.0 Å². The van der Waals surface area contributed by atoms with Gasteiger partial charge in [-0.15, -0.1) is 0 Å². The Kier molecular flexibility index (Phi) is 4.78. The van der Waals surface area contributed by atoms with Gasteiger partial charge in [0.1, 0.15) is 5.82 Å². The van der Waals surface area contributed by atoms with E-state index in [9.17, 15) is 14.0 Å². The molecule has 2 N–H and O–H groups in total. The highest BCUT2D eigenvalue weighted by molar-refractivity contribution is 6.04. The lowest BCUT2D eigenvalue weighted by Gasteiger charge is -2.08. The fraction of sp³-hybridized carbons (Fsp3) is 0.333. The Morgan fingerprint density at radius 3 is 2.71 bits per heavy atom. The van der Waals surface area contributed by atoms with E-state index >= 15 is 0 Å². The van der Waals surface area contributed by atoms with Crippen LogP contribution in [0.3, 0.4) is 0 Å². The van der Waals surface area contributed by atoms with E-state index in [0.29, 0.717) is 6.42 Å². The SMILES string of the molecule is CC(=O)Nc1cc(F)ccc1C(=O)CCCO. The van der Waals surface area contributed by atoms with Crippen LogP contribution in [0.25, 0.3) is 0 Å². The molecule has 1 rings (SSSR count). The van der Waals surface area contributed by atoms with Gasteiger partial charge in [0.15, 0.2) is 5.78 Å². The summed E-state index contributed by atoms with van der Waals surface area (Å²) in [5, 5.41) is 11.0. The highest BCUT2D eigenvalue weighted by atomic mass is 19.1. The Morgan fingerprint density at radius 2 is 2.12 bits per heavy atom. The molecular formula is C12H14FNO3. The van der Waals surface area contributed by atoms with E-state index in [0.717, 1.165) is 12.1 Å². The topological polar surface area (TPSA) is 66.4 Å². The third kappa shape index (κ3) is 3.96. The molecule has 0 saturated heterocycles. The molecule has 0 heterocycles. The molecule has 1 aromatic carbocycles. The van der Waals surface area contributed by atoms with E-state index in [1.54, 1.807) is 0 Å². The molecule has 0 aliphatic carbocycles. The maximum Gasteiger partial charge on any atom is 0.221 e. The molecule has 0 radical (unpaired) electrons. The molecule has 0 spiro atoms. The first-order valence-corrected chi connectivity index (χ1v) is 5.26. The number of hydrogen-bond acceptors (Lipinski definition) is 3. The van der Waals surface area contributed by atoms with E-state index in [2.05, 4.69) is 5.32 Å². The highest BCUT2D eigenvalue weighted by Crippen LogP contribution is 2.19. The van der Waals surface area contributed by atoms with Crippen molar-refractivity contribution >= 4 is 17.4 Å². The average Bonchev–Trinajstić information content (AvgIpc) is 2.25. The van der Waals surface area contributed by atoms with Gasteiger partial charge in [0.05, 0.1) is 5.69 Å². The van der Waals surface area contributed by atoms with E-state index < -0.39 is 5.82 Å². The second-order valence-corrected chi connectivity index (χ2v) is 3.62. The minimum absolute atomic E-state index is 0.0809. The molecule has 0 saturated carbocycles. The van der Waals surface area contributed by atoms with Crippen LogP contribution in [0.4, 0.5) is 10.1 Å². The first kappa shape index (κ1) is 13.3. The first-order chi connectivity index (χ1) is 8.04. The van der Waals surface area contributed by atoms with Crippen molar-refractivity contribution in [2.45, 2.75) is 19.8 Å². The predicted octanol–water partition coefficient (Wildman–Crippen LogP) is 1.74. The molecule has 0 aliphatic heterocycles. The monoisotopic (exact) mass is 239 g/mol. The van der Waals surface area contributed by atoms with Gasteiger partial charge in [-0.3, -0.25) is 9.59 Å². The Labute approximate surface area is 98.5 Å². The molecular weight excluding hydrogens is 225 g/mol. The fourth-order valence-electron chi connectivity index (χ4n) is 1.43. The number of ketones is 1. The number of carbonyl (C=O) groups excluding carboxylic acids is 2. The molecule has 4 nitrogen and oxygen atoms in total. The van der Waals surface area contributed by atoms with E-state index in [1.807, 2.05) is 0 Å². The number of carbonyl (C=O) groups is 2. The van der Waals surface area contributed by atoms with Crippen molar-refractivity contribution in [2.75, 3.05) is 11.9 Å². The van der Waals surface area contributed by atoms with Crippen LogP contribution in [0.15, 0.2) is 18.2 Å². The summed E-state index contributed by atoms with van der Waals surface area (Å²) < 4.78 is 13.0. The van der Waals surface area contributed by atoms with Crippen molar-refractivity contribution in [2.24, 2.45) is 0 Å². The molecule has 92 valence electrons. The lowest BCUT2D eigenvalue weighted by molar-refractivity contribution is -0.114. The molecule has 1 aromatic rings. The van der Waals surface area contributed by atoms with E-state index in [1.165, 1.54) is 13.0 Å².